The molecule has 4 aromatic carbocycles. The molecular formula is C40H27N4-. The van der Waals surface area contributed by atoms with Gasteiger partial charge in [0.05, 0.1) is 11.4 Å². The Balaban J connectivity index is 1.37. The Labute approximate surface area is 256 Å². The molecule has 0 radical (unpaired) electrons. The van der Waals surface area contributed by atoms with Gasteiger partial charge in [-0.25, -0.2) is 0 Å². The van der Waals surface area contributed by atoms with Crippen LogP contribution in [-0.2, 0) is 0 Å². The number of allylic oxidation sites excluding steroid dienone is 2. The van der Waals surface area contributed by atoms with Crippen LogP contribution in [0.2, 0.25) is 0 Å². The van der Waals surface area contributed by atoms with Crippen LogP contribution >= 0.6 is 0 Å². The second kappa shape index (κ2) is 11.1. The number of pyridine rings is 3. The van der Waals surface area contributed by atoms with Gasteiger partial charge in [-0.05, 0) is 80.2 Å². The number of aromatic nitrogens is 3. The Bertz CT molecular complexity index is 2190. The van der Waals surface area contributed by atoms with Crippen molar-refractivity contribution in [3.63, 3.8) is 0 Å². The van der Waals surface area contributed by atoms with Gasteiger partial charge in [0.25, 0.3) is 0 Å². The van der Waals surface area contributed by atoms with E-state index in [4.69, 9.17) is 10.3 Å². The normalized spacial score (nSPS) is 12.9. The first-order chi connectivity index (χ1) is 21.8. The maximum Gasteiger partial charge on any atom is 0.0886 e. The highest BCUT2D eigenvalue weighted by Crippen LogP contribution is 2.44. The lowest BCUT2D eigenvalue weighted by Gasteiger charge is -2.31. The summed E-state index contributed by atoms with van der Waals surface area (Å²) >= 11 is 0. The van der Waals surface area contributed by atoms with Crippen LogP contribution in [0.5, 0.6) is 0 Å². The zero-order valence-corrected chi connectivity index (χ0v) is 23.9. The summed E-state index contributed by atoms with van der Waals surface area (Å²) in [6.45, 7) is 0.580. The van der Waals surface area contributed by atoms with Gasteiger partial charge in [-0.3, -0.25) is 15.0 Å². The molecule has 208 valence electrons. The molecule has 0 bridgehead atoms. The number of nitrogens with zero attached hydrogens (tertiary/aromatic N) is 4. The molecule has 0 N–H and O–H groups in total. The quantitative estimate of drug-likeness (QED) is 0.196. The summed E-state index contributed by atoms with van der Waals surface area (Å²) in [6, 6.07) is 42.2. The van der Waals surface area contributed by atoms with E-state index in [1.165, 1.54) is 49.4 Å². The summed E-state index contributed by atoms with van der Waals surface area (Å²) in [5, 5.41) is 9.76. The van der Waals surface area contributed by atoms with Crippen LogP contribution in [0.3, 0.4) is 0 Å². The molecule has 44 heavy (non-hydrogen) atoms. The smallest absolute Gasteiger partial charge is 0.0886 e. The molecule has 4 heteroatoms. The van der Waals surface area contributed by atoms with Crippen molar-refractivity contribution in [1.29, 1.82) is 0 Å². The molecule has 0 saturated carbocycles. The van der Waals surface area contributed by atoms with Crippen molar-refractivity contribution in [3.05, 3.63) is 169 Å². The van der Waals surface area contributed by atoms with Crippen LogP contribution in [0, 0.1) is 0 Å². The number of rotatable bonds is 5. The fourth-order valence-electron chi connectivity index (χ4n) is 6.15. The Morgan fingerprint density at radius 1 is 0.455 bits per heavy atom. The average molecular weight is 564 g/mol. The highest BCUT2D eigenvalue weighted by Gasteiger charge is 2.18. The van der Waals surface area contributed by atoms with Gasteiger partial charge in [0.1, 0.15) is 0 Å². The summed E-state index contributed by atoms with van der Waals surface area (Å²) in [7, 11) is 0. The predicted octanol–water partition coefficient (Wildman–Crippen LogP) is 9.99. The summed E-state index contributed by atoms with van der Waals surface area (Å²) in [6.07, 6.45) is 9.91. The topological polar surface area (TPSA) is 52.8 Å². The van der Waals surface area contributed by atoms with E-state index in [0.29, 0.717) is 6.54 Å². The second-order valence-corrected chi connectivity index (χ2v) is 10.8. The van der Waals surface area contributed by atoms with E-state index in [9.17, 15) is 0 Å². The van der Waals surface area contributed by atoms with E-state index in [0.717, 1.165) is 28.3 Å². The minimum atomic E-state index is 0.580. The molecule has 1 aliphatic rings. The first-order valence-electron chi connectivity index (χ1n) is 14.8. The van der Waals surface area contributed by atoms with Crippen molar-refractivity contribution in [3.8, 4) is 33.6 Å². The summed E-state index contributed by atoms with van der Waals surface area (Å²) in [5.74, 6) is 0. The van der Waals surface area contributed by atoms with Crippen molar-refractivity contribution in [2.45, 2.75) is 0 Å². The van der Waals surface area contributed by atoms with Crippen molar-refractivity contribution in [2.24, 2.45) is 0 Å². The maximum absolute atomic E-state index is 4.99. The first kappa shape index (κ1) is 25.8. The highest BCUT2D eigenvalue weighted by atomic mass is 14.9. The van der Waals surface area contributed by atoms with Gasteiger partial charge in [0.2, 0.25) is 0 Å². The van der Waals surface area contributed by atoms with Crippen LogP contribution in [0.15, 0.2) is 152 Å². The van der Waals surface area contributed by atoms with Crippen molar-refractivity contribution >= 4 is 32.8 Å². The lowest BCUT2D eigenvalue weighted by molar-refractivity contribution is 1.25. The molecule has 0 saturated heterocycles. The summed E-state index contributed by atoms with van der Waals surface area (Å²) < 4.78 is 0. The van der Waals surface area contributed by atoms with Crippen LogP contribution in [0.25, 0.3) is 71.8 Å². The fourth-order valence-corrected chi connectivity index (χ4v) is 6.15. The fraction of sp³-hybridized carbons (Fsp3) is 0.0250. The molecule has 0 amide bonds. The average Bonchev–Trinajstić information content (AvgIpc) is 3.12. The molecule has 1 aliphatic heterocycles. The number of fused-ring (bicyclic) bond motifs is 2. The zero-order valence-electron chi connectivity index (χ0n) is 23.9. The predicted molar refractivity (Wildman–Crippen MR) is 182 cm³/mol. The monoisotopic (exact) mass is 563 g/mol. The minimum Gasteiger partial charge on any atom is -0.679 e. The van der Waals surface area contributed by atoms with Crippen LogP contribution < -0.4 is 0 Å². The lowest BCUT2D eigenvalue weighted by Crippen LogP contribution is -2.01. The Kier molecular flexibility index (Phi) is 6.50. The Hall–Kier alpha value is -5.87. The van der Waals surface area contributed by atoms with Crippen molar-refractivity contribution < 1.29 is 0 Å². The van der Waals surface area contributed by atoms with Gasteiger partial charge in [0, 0.05) is 29.8 Å². The SMILES string of the molecule is C1=C(c2ccccn2)[N-]CC(c2c3ccccc3c(-c3ccc(-c4ccccn4)nc3)c3ccc(-c4ccccc4)cc23)=C1. The second-order valence-electron chi connectivity index (χ2n) is 10.8. The van der Waals surface area contributed by atoms with E-state index in [-0.39, 0.29) is 0 Å². The summed E-state index contributed by atoms with van der Waals surface area (Å²) in [5.41, 5.74) is 10.5. The third-order valence-corrected chi connectivity index (χ3v) is 8.22. The first-order valence-corrected chi connectivity index (χ1v) is 14.8. The molecule has 0 spiro atoms. The molecule has 7 aromatic rings. The van der Waals surface area contributed by atoms with E-state index in [1.54, 1.807) is 6.20 Å². The number of hydrogen-bond acceptors (Lipinski definition) is 3. The standard InChI is InChI=1S/C40H27N4/c1-2-10-27(11-3-1)28-16-19-33-34(24-28)40(30-18-21-38(44-26-30)36-15-7-9-23-42-36)32-13-5-4-12-31(32)39(33)29-17-20-37(43-25-29)35-14-6-8-22-41-35/h1-25H,26H2/q-1. The van der Waals surface area contributed by atoms with E-state index >= 15 is 0 Å². The van der Waals surface area contributed by atoms with Crippen LogP contribution in [-0.4, -0.2) is 21.5 Å². The number of benzene rings is 4. The molecule has 0 aliphatic carbocycles. The van der Waals surface area contributed by atoms with E-state index in [1.807, 2.05) is 48.8 Å². The van der Waals surface area contributed by atoms with Crippen molar-refractivity contribution in [2.75, 3.05) is 6.54 Å². The molecular weight excluding hydrogens is 536 g/mol. The van der Waals surface area contributed by atoms with Gasteiger partial charge in [-0.1, -0.05) is 103 Å². The molecule has 4 heterocycles. The summed E-state index contributed by atoms with van der Waals surface area (Å²) in [4.78, 5) is 13.9. The van der Waals surface area contributed by atoms with Gasteiger partial charge in [-0.15, -0.1) is 12.2 Å². The molecule has 0 atom stereocenters. The minimum absolute atomic E-state index is 0.580. The zero-order chi connectivity index (χ0) is 29.3. The van der Waals surface area contributed by atoms with E-state index < -0.39 is 0 Å². The molecule has 8 rings (SSSR count). The lowest BCUT2D eigenvalue weighted by atomic mass is 9.84. The largest absolute Gasteiger partial charge is 0.679 e. The van der Waals surface area contributed by atoms with Crippen LogP contribution in [0.1, 0.15) is 11.3 Å². The number of hydrogen-bond donors (Lipinski definition) is 0. The van der Waals surface area contributed by atoms with Gasteiger partial charge in [-0.2, -0.15) is 0 Å². The van der Waals surface area contributed by atoms with E-state index in [2.05, 4.69) is 107 Å². The van der Waals surface area contributed by atoms with Gasteiger partial charge < -0.3 is 5.32 Å². The molecule has 4 nitrogen and oxygen atoms in total. The van der Waals surface area contributed by atoms with Crippen molar-refractivity contribution in [1.82, 2.24) is 15.0 Å². The third kappa shape index (κ3) is 4.63. The highest BCUT2D eigenvalue weighted by molar-refractivity contribution is 6.19. The Morgan fingerprint density at radius 3 is 1.80 bits per heavy atom. The third-order valence-electron chi connectivity index (χ3n) is 8.22. The van der Waals surface area contributed by atoms with Gasteiger partial charge >= 0.3 is 0 Å². The van der Waals surface area contributed by atoms with Crippen LogP contribution in [0.4, 0.5) is 0 Å². The molecule has 3 aromatic heterocycles. The molecule has 0 fully saturated rings. The Morgan fingerprint density at radius 2 is 1.11 bits per heavy atom. The maximum atomic E-state index is 4.99. The van der Waals surface area contributed by atoms with Gasteiger partial charge in [0.15, 0.2) is 0 Å². The molecule has 0 unspecified atom stereocenters.